The highest BCUT2D eigenvalue weighted by Crippen LogP contribution is 2.22. The fraction of sp³-hybridized carbons (Fsp3) is 0.500. The van der Waals surface area contributed by atoms with Crippen molar-refractivity contribution in [3.8, 4) is 0 Å². The molecule has 0 bridgehead atoms. The number of Topliss-reactive ketones (excluding diaryl/α,β-unsaturated/α-hetero) is 1. The lowest BCUT2D eigenvalue weighted by atomic mass is 10.1. The SMILES string of the molecule is O=C(Cc1csc(Cl)c1)C1CCCO1. The van der Waals surface area contributed by atoms with Crippen LogP contribution in [0.15, 0.2) is 11.4 Å². The molecule has 1 aromatic rings. The zero-order chi connectivity index (χ0) is 9.97. The Kier molecular flexibility index (Phi) is 3.21. The van der Waals surface area contributed by atoms with Gasteiger partial charge in [-0.05, 0) is 29.9 Å². The van der Waals surface area contributed by atoms with Crippen molar-refractivity contribution < 1.29 is 9.53 Å². The van der Waals surface area contributed by atoms with E-state index in [1.807, 2.05) is 11.4 Å². The summed E-state index contributed by atoms with van der Waals surface area (Å²) in [6, 6.07) is 1.85. The van der Waals surface area contributed by atoms with Crippen molar-refractivity contribution in [2.24, 2.45) is 0 Å². The lowest BCUT2D eigenvalue weighted by molar-refractivity contribution is -0.127. The van der Waals surface area contributed by atoms with Crippen LogP contribution in [0.4, 0.5) is 0 Å². The molecule has 0 spiro atoms. The number of ketones is 1. The van der Waals surface area contributed by atoms with E-state index in [9.17, 15) is 4.79 Å². The Morgan fingerprint density at radius 2 is 2.57 bits per heavy atom. The highest BCUT2D eigenvalue weighted by Gasteiger charge is 2.23. The molecule has 2 nitrogen and oxygen atoms in total. The van der Waals surface area contributed by atoms with Crippen molar-refractivity contribution in [3.63, 3.8) is 0 Å². The van der Waals surface area contributed by atoms with E-state index >= 15 is 0 Å². The second-order valence-electron chi connectivity index (χ2n) is 3.40. The van der Waals surface area contributed by atoms with E-state index in [2.05, 4.69) is 0 Å². The van der Waals surface area contributed by atoms with Crippen molar-refractivity contribution in [3.05, 3.63) is 21.3 Å². The maximum atomic E-state index is 11.7. The summed E-state index contributed by atoms with van der Waals surface area (Å²) in [5.74, 6) is 0.178. The van der Waals surface area contributed by atoms with Crippen molar-refractivity contribution in [2.45, 2.75) is 25.4 Å². The van der Waals surface area contributed by atoms with E-state index in [-0.39, 0.29) is 11.9 Å². The third-order valence-electron chi connectivity index (χ3n) is 2.29. The zero-order valence-corrected chi connectivity index (χ0v) is 9.24. The predicted molar refractivity (Wildman–Crippen MR) is 57.0 cm³/mol. The summed E-state index contributed by atoms with van der Waals surface area (Å²) in [4.78, 5) is 11.7. The Bertz CT molecular complexity index is 329. The van der Waals surface area contributed by atoms with Gasteiger partial charge in [-0.1, -0.05) is 11.6 Å². The van der Waals surface area contributed by atoms with E-state index in [4.69, 9.17) is 16.3 Å². The van der Waals surface area contributed by atoms with Gasteiger partial charge in [0.25, 0.3) is 0 Å². The van der Waals surface area contributed by atoms with Gasteiger partial charge >= 0.3 is 0 Å². The molecular weight excluding hydrogens is 220 g/mol. The van der Waals surface area contributed by atoms with Crippen LogP contribution in [-0.4, -0.2) is 18.5 Å². The van der Waals surface area contributed by atoms with Crippen LogP contribution in [0.3, 0.4) is 0 Å². The Morgan fingerprint density at radius 1 is 1.71 bits per heavy atom. The Morgan fingerprint density at radius 3 is 3.14 bits per heavy atom. The van der Waals surface area contributed by atoms with Gasteiger partial charge in [0.15, 0.2) is 5.78 Å². The second kappa shape index (κ2) is 4.43. The summed E-state index contributed by atoms with van der Waals surface area (Å²) >= 11 is 7.24. The molecule has 2 rings (SSSR count). The van der Waals surface area contributed by atoms with Gasteiger partial charge in [-0.25, -0.2) is 0 Å². The van der Waals surface area contributed by atoms with Crippen LogP contribution < -0.4 is 0 Å². The average molecular weight is 231 g/mol. The third-order valence-corrected chi connectivity index (χ3v) is 3.43. The monoisotopic (exact) mass is 230 g/mol. The first kappa shape index (κ1) is 10.1. The smallest absolute Gasteiger partial charge is 0.165 e. The highest BCUT2D eigenvalue weighted by molar-refractivity contribution is 7.14. The molecule has 1 aliphatic heterocycles. The molecule has 0 radical (unpaired) electrons. The molecular formula is C10H11ClO2S. The van der Waals surface area contributed by atoms with Crippen LogP contribution in [0.1, 0.15) is 18.4 Å². The largest absolute Gasteiger partial charge is 0.370 e. The van der Waals surface area contributed by atoms with Gasteiger partial charge in [0.05, 0.1) is 4.34 Å². The van der Waals surface area contributed by atoms with E-state index in [0.717, 1.165) is 29.3 Å². The number of thiophene rings is 1. The Labute approximate surface area is 91.8 Å². The molecule has 0 saturated carbocycles. The van der Waals surface area contributed by atoms with Crippen LogP contribution >= 0.6 is 22.9 Å². The number of hydrogen-bond acceptors (Lipinski definition) is 3. The number of carbonyl (C=O) groups is 1. The minimum Gasteiger partial charge on any atom is -0.370 e. The van der Waals surface area contributed by atoms with Gasteiger partial charge in [0.1, 0.15) is 6.10 Å². The van der Waals surface area contributed by atoms with Crippen LogP contribution in [0.5, 0.6) is 0 Å². The second-order valence-corrected chi connectivity index (χ2v) is 4.95. The average Bonchev–Trinajstić information content (AvgIpc) is 2.75. The number of carbonyl (C=O) groups excluding carboxylic acids is 1. The third kappa shape index (κ3) is 2.35. The van der Waals surface area contributed by atoms with E-state index < -0.39 is 0 Å². The van der Waals surface area contributed by atoms with Crippen LogP contribution in [0.25, 0.3) is 0 Å². The van der Waals surface area contributed by atoms with E-state index in [1.54, 1.807) is 0 Å². The number of ether oxygens (including phenoxy) is 1. The number of rotatable bonds is 3. The fourth-order valence-electron chi connectivity index (χ4n) is 1.59. The topological polar surface area (TPSA) is 26.3 Å². The Balaban J connectivity index is 1.93. The summed E-state index contributed by atoms with van der Waals surface area (Å²) < 4.78 is 6.05. The van der Waals surface area contributed by atoms with E-state index in [0.29, 0.717) is 6.42 Å². The summed E-state index contributed by atoms with van der Waals surface area (Å²) in [5.41, 5.74) is 1.00. The summed E-state index contributed by atoms with van der Waals surface area (Å²) in [7, 11) is 0. The lowest BCUT2D eigenvalue weighted by Gasteiger charge is -2.06. The minimum atomic E-state index is -0.173. The zero-order valence-electron chi connectivity index (χ0n) is 7.66. The van der Waals surface area contributed by atoms with Crippen molar-refractivity contribution in [2.75, 3.05) is 6.61 Å². The number of hydrogen-bond donors (Lipinski definition) is 0. The molecule has 1 aromatic heterocycles. The standard InChI is InChI=1S/C10H11ClO2S/c11-10-5-7(6-14-10)4-8(12)9-2-1-3-13-9/h5-6,9H,1-4H2. The first-order valence-electron chi connectivity index (χ1n) is 4.63. The van der Waals surface area contributed by atoms with Gasteiger partial charge in [0.2, 0.25) is 0 Å². The van der Waals surface area contributed by atoms with Gasteiger partial charge in [0, 0.05) is 13.0 Å². The first-order valence-corrected chi connectivity index (χ1v) is 5.88. The van der Waals surface area contributed by atoms with Crippen molar-refractivity contribution in [1.29, 1.82) is 0 Å². The van der Waals surface area contributed by atoms with E-state index in [1.165, 1.54) is 11.3 Å². The molecule has 2 heterocycles. The molecule has 1 aliphatic rings. The fourth-order valence-corrected chi connectivity index (χ4v) is 2.49. The van der Waals surface area contributed by atoms with Gasteiger partial charge in [-0.2, -0.15) is 0 Å². The molecule has 1 unspecified atom stereocenters. The summed E-state index contributed by atoms with van der Waals surface area (Å²) in [6.45, 7) is 0.723. The molecule has 1 atom stereocenters. The predicted octanol–water partition coefficient (Wildman–Crippen LogP) is 2.69. The van der Waals surface area contributed by atoms with Crippen molar-refractivity contribution in [1.82, 2.24) is 0 Å². The normalized spacial score (nSPS) is 21.4. The molecule has 4 heteroatoms. The number of halogens is 1. The van der Waals surface area contributed by atoms with Gasteiger partial charge < -0.3 is 4.74 Å². The first-order chi connectivity index (χ1) is 6.75. The highest BCUT2D eigenvalue weighted by atomic mass is 35.5. The maximum absolute atomic E-state index is 11.7. The molecule has 1 fully saturated rings. The summed E-state index contributed by atoms with van der Waals surface area (Å²) in [6.07, 6.45) is 2.15. The molecule has 0 aromatic carbocycles. The molecule has 0 amide bonds. The van der Waals surface area contributed by atoms with Crippen LogP contribution in [-0.2, 0) is 16.0 Å². The molecule has 76 valence electrons. The Hall–Kier alpha value is -0.380. The van der Waals surface area contributed by atoms with Crippen LogP contribution in [0, 0.1) is 0 Å². The molecule has 0 aliphatic carbocycles. The quantitative estimate of drug-likeness (QED) is 0.798. The molecule has 0 N–H and O–H groups in total. The van der Waals surface area contributed by atoms with Crippen molar-refractivity contribution >= 4 is 28.7 Å². The lowest BCUT2D eigenvalue weighted by Crippen LogP contribution is -2.20. The molecule has 1 saturated heterocycles. The molecule has 14 heavy (non-hydrogen) atoms. The van der Waals surface area contributed by atoms with Crippen LogP contribution in [0.2, 0.25) is 4.34 Å². The summed E-state index contributed by atoms with van der Waals surface area (Å²) in [5, 5.41) is 1.93. The maximum Gasteiger partial charge on any atom is 0.165 e. The minimum absolute atomic E-state index is 0.173. The van der Waals surface area contributed by atoms with Gasteiger partial charge in [-0.15, -0.1) is 11.3 Å². The van der Waals surface area contributed by atoms with Gasteiger partial charge in [-0.3, -0.25) is 4.79 Å².